The molecule has 0 amide bonds. The molecule has 0 spiro atoms. The number of nitriles is 1. The van der Waals surface area contributed by atoms with Crippen molar-refractivity contribution in [3.8, 4) is 6.07 Å². The van der Waals surface area contributed by atoms with E-state index in [1.54, 1.807) is 6.07 Å². The van der Waals surface area contributed by atoms with E-state index >= 15 is 0 Å². The lowest BCUT2D eigenvalue weighted by molar-refractivity contribution is 0.493. The largest absolute Gasteiger partial charge is 0.207 e. The van der Waals surface area contributed by atoms with E-state index in [4.69, 9.17) is 5.26 Å². The fraction of sp³-hybridized carbons (Fsp3) is 0. The number of nitrogens with zero attached hydrogens (tertiary/aromatic N) is 1. The Kier molecular flexibility index (Phi) is 2.70. The summed E-state index contributed by atoms with van der Waals surface area (Å²) in [5.41, 5.74) is -0.279. The van der Waals surface area contributed by atoms with Crippen LogP contribution in [0.2, 0.25) is 0 Å². The first-order chi connectivity index (χ1) is 6.15. The Morgan fingerprint density at radius 1 is 1.23 bits per heavy atom. The molecule has 0 unspecified atom stereocenters. The van der Waals surface area contributed by atoms with E-state index in [1.165, 1.54) is 0 Å². The fourth-order valence-corrected chi connectivity index (χ4v) is 0.824. The molecule has 4 heteroatoms. The molecular formula is C9H4F3N. The molecule has 66 valence electrons. The van der Waals surface area contributed by atoms with Gasteiger partial charge >= 0.3 is 0 Å². The minimum absolute atomic E-state index is 0.279. The van der Waals surface area contributed by atoms with E-state index in [1.807, 2.05) is 0 Å². The summed E-state index contributed by atoms with van der Waals surface area (Å²) in [6, 6.07) is 2.85. The molecule has 0 bridgehead atoms. The molecule has 1 aromatic carbocycles. The van der Waals surface area contributed by atoms with E-state index in [0.29, 0.717) is 6.07 Å². The van der Waals surface area contributed by atoms with Gasteiger partial charge in [0.05, 0.1) is 6.07 Å². The second-order valence-corrected chi connectivity index (χ2v) is 2.25. The first-order valence-electron chi connectivity index (χ1n) is 3.36. The number of benzene rings is 1. The third kappa shape index (κ3) is 2.09. The number of allylic oxidation sites excluding steroid dienone is 1. The predicted molar refractivity (Wildman–Crippen MR) is 41.0 cm³/mol. The fourth-order valence-electron chi connectivity index (χ4n) is 0.824. The van der Waals surface area contributed by atoms with Gasteiger partial charge in [0.15, 0.2) is 11.6 Å². The van der Waals surface area contributed by atoms with Crippen LogP contribution < -0.4 is 0 Å². The molecule has 0 aliphatic heterocycles. The number of rotatable bonds is 1. The van der Waals surface area contributed by atoms with Crippen molar-refractivity contribution in [3.05, 3.63) is 41.2 Å². The van der Waals surface area contributed by atoms with Crippen LogP contribution in [0, 0.1) is 28.8 Å². The van der Waals surface area contributed by atoms with Gasteiger partial charge in [-0.3, -0.25) is 0 Å². The molecule has 1 aromatic rings. The van der Waals surface area contributed by atoms with Crippen molar-refractivity contribution >= 4 is 6.08 Å². The standard InChI is InChI=1S/C9H4F3N/c10-7-4-6(2-1-3-13)9(12)8(11)5-7/h1-2,4-5H. The van der Waals surface area contributed by atoms with Crippen LogP contribution in [0.15, 0.2) is 18.2 Å². The minimum Gasteiger partial charge on any atom is -0.207 e. The number of hydrogen-bond donors (Lipinski definition) is 0. The maximum atomic E-state index is 12.8. The van der Waals surface area contributed by atoms with Gasteiger partial charge in [-0.1, -0.05) is 0 Å². The van der Waals surface area contributed by atoms with Gasteiger partial charge < -0.3 is 0 Å². The van der Waals surface area contributed by atoms with Crippen LogP contribution in [-0.2, 0) is 0 Å². The van der Waals surface area contributed by atoms with Crippen molar-refractivity contribution in [3.63, 3.8) is 0 Å². The van der Waals surface area contributed by atoms with Crippen molar-refractivity contribution in [2.75, 3.05) is 0 Å². The van der Waals surface area contributed by atoms with Gasteiger partial charge in [0.2, 0.25) is 0 Å². The SMILES string of the molecule is N#CC=Cc1cc(F)cc(F)c1F. The van der Waals surface area contributed by atoms with E-state index < -0.39 is 17.5 Å². The van der Waals surface area contributed by atoms with Crippen LogP contribution in [0.1, 0.15) is 5.56 Å². The lowest BCUT2D eigenvalue weighted by Gasteiger charge is -1.97. The van der Waals surface area contributed by atoms with Crippen LogP contribution in [0.4, 0.5) is 13.2 Å². The zero-order valence-corrected chi connectivity index (χ0v) is 6.39. The summed E-state index contributed by atoms with van der Waals surface area (Å²) < 4.78 is 37.9. The van der Waals surface area contributed by atoms with Crippen LogP contribution in [-0.4, -0.2) is 0 Å². The number of halogens is 3. The van der Waals surface area contributed by atoms with Crippen LogP contribution in [0.5, 0.6) is 0 Å². The zero-order chi connectivity index (χ0) is 9.84. The third-order valence-corrected chi connectivity index (χ3v) is 1.36. The molecule has 1 nitrogen and oxygen atoms in total. The average Bonchev–Trinajstić information content (AvgIpc) is 2.09. The monoisotopic (exact) mass is 183 g/mol. The lowest BCUT2D eigenvalue weighted by Crippen LogP contribution is -1.90. The molecule has 0 radical (unpaired) electrons. The van der Waals surface area contributed by atoms with Gasteiger partial charge in [0, 0.05) is 17.7 Å². The predicted octanol–water partition coefficient (Wildman–Crippen LogP) is 2.64. The Labute approximate surface area is 72.7 Å². The molecule has 0 fully saturated rings. The van der Waals surface area contributed by atoms with Gasteiger partial charge in [-0.2, -0.15) is 5.26 Å². The molecule has 0 saturated heterocycles. The van der Waals surface area contributed by atoms with Crippen molar-refractivity contribution < 1.29 is 13.2 Å². The van der Waals surface area contributed by atoms with Gasteiger partial charge in [-0.05, 0) is 12.1 Å². The van der Waals surface area contributed by atoms with Crippen LogP contribution >= 0.6 is 0 Å². The maximum absolute atomic E-state index is 12.8. The summed E-state index contributed by atoms with van der Waals surface area (Å²) in [4.78, 5) is 0. The Bertz CT molecular complexity index is 391. The lowest BCUT2D eigenvalue weighted by atomic mass is 10.2. The molecule has 0 heterocycles. The summed E-state index contributed by atoms with van der Waals surface area (Å²) in [5, 5.41) is 8.11. The highest BCUT2D eigenvalue weighted by atomic mass is 19.2. The molecule has 0 N–H and O–H groups in total. The molecule has 0 atom stereocenters. The molecule has 0 aliphatic carbocycles. The van der Waals surface area contributed by atoms with Gasteiger partial charge in [-0.25, -0.2) is 13.2 Å². The first kappa shape index (κ1) is 9.33. The first-order valence-corrected chi connectivity index (χ1v) is 3.36. The second-order valence-electron chi connectivity index (χ2n) is 2.25. The highest BCUT2D eigenvalue weighted by molar-refractivity contribution is 5.52. The van der Waals surface area contributed by atoms with Gasteiger partial charge in [-0.15, -0.1) is 0 Å². The minimum atomic E-state index is -1.27. The van der Waals surface area contributed by atoms with Crippen molar-refractivity contribution in [2.24, 2.45) is 0 Å². The quantitative estimate of drug-likeness (QED) is 0.485. The highest BCUT2D eigenvalue weighted by Gasteiger charge is 2.07. The molecule has 0 aromatic heterocycles. The Morgan fingerprint density at radius 3 is 2.54 bits per heavy atom. The summed E-state index contributed by atoms with van der Waals surface area (Å²) >= 11 is 0. The molecule has 0 saturated carbocycles. The summed E-state index contributed by atoms with van der Waals surface area (Å²) in [7, 11) is 0. The molecule has 13 heavy (non-hydrogen) atoms. The van der Waals surface area contributed by atoms with Crippen molar-refractivity contribution in [1.82, 2.24) is 0 Å². The van der Waals surface area contributed by atoms with Crippen molar-refractivity contribution in [2.45, 2.75) is 0 Å². The Balaban J connectivity index is 3.22. The van der Waals surface area contributed by atoms with E-state index in [0.717, 1.165) is 18.2 Å². The van der Waals surface area contributed by atoms with Crippen LogP contribution in [0.25, 0.3) is 6.08 Å². The summed E-state index contributed by atoms with van der Waals surface area (Å²) in [6.07, 6.45) is 1.94. The Morgan fingerprint density at radius 2 is 1.92 bits per heavy atom. The molecular weight excluding hydrogens is 179 g/mol. The summed E-state index contributed by atoms with van der Waals surface area (Å²) in [5.74, 6) is -3.30. The van der Waals surface area contributed by atoms with E-state index in [9.17, 15) is 13.2 Å². The topological polar surface area (TPSA) is 23.8 Å². The van der Waals surface area contributed by atoms with E-state index in [2.05, 4.69) is 0 Å². The number of hydrogen-bond acceptors (Lipinski definition) is 1. The highest BCUT2D eigenvalue weighted by Crippen LogP contribution is 2.15. The normalized spacial score (nSPS) is 10.3. The smallest absolute Gasteiger partial charge is 0.166 e. The maximum Gasteiger partial charge on any atom is 0.166 e. The Hall–Kier alpha value is -1.76. The van der Waals surface area contributed by atoms with Gasteiger partial charge in [0.25, 0.3) is 0 Å². The van der Waals surface area contributed by atoms with E-state index in [-0.39, 0.29) is 5.56 Å². The molecule has 0 aliphatic rings. The molecule has 1 rings (SSSR count). The van der Waals surface area contributed by atoms with Crippen molar-refractivity contribution in [1.29, 1.82) is 5.26 Å². The average molecular weight is 183 g/mol. The van der Waals surface area contributed by atoms with Gasteiger partial charge in [0.1, 0.15) is 5.82 Å². The third-order valence-electron chi connectivity index (χ3n) is 1.36. The van der Waals surface area contributed by atoms with Crippen LogP contribution in [0.3, 0.4) is 0 Å². The second kappa shape index (κ2) is 3.76. The summed E-state index contributed by atoms with van der Waals surface area (Å²) in [6.45, 7) is 0. The zero-order valence-electron chi connectivity index (χ0n) is 6.39.